The van der Waals surface area contributed by atoms with Crippen LogP contribution in [0, 0.1) is 11.8 Å². The maximum absolute atomic E-state index is 5.88. The number of nitrogens with zero attached hydrogens (tertiary/aromatic N) is 1. The van der Waals surface area contributed by atoms with Gasteiger partial charge in [-0.3, -0.25) is 4.90 Å². The van der Waals surface area contributed by atoms with Crippen molar-refractivity contribution < 1.29 is 0 Å². The normalized spacial score (nSPS) is 30.7. The molecule has 82 valence electrons. The number of likely N-dealkylation sites (tertiary alicyclic amines) is 1. The van der Waals surface area contributed by atoms with Crippen LogP contribution in [0.2, 0.25) is 0 Å². The van der Waals surface area contributed by atoms with Gasteiger partial charge in [0.25, 0.3) is 0 Å². The van der Waals surface area contributed by atoms with Crippen LogP contribution in [-0.4, -0.2) is 31.1 Å². The molecule has 1 saturated heterocycles. The van der Waals surface area contributed by atoms with Crippen LogP contribution in [0.3, 0.4) is 0 Å². The van der Waals surface area contributed by atoms with Gasteiger partial charge in [-0.1, -0.05) is 30.1 Å². The first-order chi connectivity index (χ1) is 6.67. The minimum Gasteiger partial charge on any atom is -0.330 e. The van der Waals surface area contributed by atoms with Gasteiger partial charge in [0.05, 0.1) is 0 Å². The van der Waals surface area contributed by atoms with Crippen molar-refractivity contribution in [2.75, 3.05) is 26.2 Å². The lowest BCUT2D eigenvalue weighted by Crippen LogP contribution is -2.43. The highest BCUT2D eigenvalue weighted by molar-refractivity contribution is 6.36. The molecule has 1 rings (SSSR count). The van der Waals surface area contributed by atoms with Crippen LogP contribution in [0.25, 0.3) is 0 Å². The Hall–Kier alpha value is 0.240. The van der Waals surface area contributed by atoms with E-state index in [2.05, 4.69) is 11.8 Å². The van der Waals surface area contributed by atoms with E-state index in [4.69, 9.17) is 28.9 Å². The minimum atomic E-state index is 0.601. The Balaban J connectivity index is 2.42. The van der Waals surface area contributed by atoms with Gasteiger partial charge in [-0.15, -0.1) is 0 Å². The lowest BCUT2D eigenvalue weighted by atomic mass is 9.87. The van der Waals surface area contributed by atoms with Crippen molar-refractivity contribution in [3.8, 4) is 0 Å². The molecule has 2 atom stereocenters. The molecule has 1 aliphatic heterocycles. The van der Waals surface area contributed by atoms with Crippen molar-refractivity contribution in [2.24, 2.45) is 17.6 Å². The maximum Gasteiger partial charge on any atom is 0.0434 e. The third kappa shape index (κ3) is 3.43. The molecule has 0 aromatic heterocycles. The Bertz CT molecular complexity index is 206. The van der Waals surface area contributed by atoms with Crippen LogP contribution < -0.4 is 5.73 Å². The van der Waals surface area contributed by atoms with E-state index in [9.17, 15) is 0 Å². The second-order valence-corrected chi connectivity index (χ2v) is 4.76. The Morgan fingerprint density at radius 2 is 2.36 bits per heavy atom. The second kappa shape index (κ2) is 5.96. The predicted molar refractivity (Wildman–Crippen MR) is 62.6 cm³/mol. The van der Waals surface area contributed by atoms with Crippen LogP contribution in [0.1, 0.15) is 13.3 Å². The number of piperidine rings is 1. The van der Waals surface area contributed by atoms with E-state index < -0.39 is 0 Å². The van der Waals surface area contributed by atoms with Crippen LogP contribution in [-0.2, 0) is 0 Å². The Labute approximate surface area is 96.0 Å². The lowest BCUT2D eigenvalue weighted by molar-refractivity contribution is 0.143. The van der Waals surface area contributed by atoms with Gasteiger partial charge in [0.1, 0.15) is 0 Å². The predicted octanol–water partition coefficient (Wildman–Crippen LogP) is 2.22. The smallest absolute Gasteiger partial charge is 0.0434 e. The van der Waals surface area contributed by atoms with Crippen molar-refractivity contribution in [2.45, 2.75) is 13.3 Å². The first-order valence-corrected chi connectivity index (χ1v) is 5.86. The molecule has 0 bridgehead atoms. The number of hydrogen-bond acceptors (Lipinski definition) is 2. The van der Waals surface area contributed by atoms with Crippen molar-refractivity contribution in [3.63, 3.8) is 0 Å². The monoisotopic (exact) mass is 236 g/mol. The molecule has 2 unspecified atom stereocenters. The van der Waals surface area contributed by atoms with E-state index in [1.54, 1.807) is 0 Å². The number of nitrogens with two attached hydrogens (primary N) is 1. The Morgan fingerprint density at radius 3 is 2.93 bits per heavy atom. The summed E-state index contributed by atoms with van der Waals surface area (Å²) in [6.45, 7) is 5.93. The average molecular weight is 237 g/mol. The van der Waals surface area contributed by atoms with E-state index >= 15 is 0 Å². The average Bonchev–Trinajstić information content (AvgIpc) is 2.20. The zero-order chi connectivity index (χ0) is 10.6. The standard InChI is InChI=1S/C10H18Cl2N2/c1-8-2-3-14(6-9(8)5-13)7-10(12)4-11/h4,8-9H,2-3,5-7,13H2,1H3. The molecule has 14 heavy (non-hydrogen) atoms. The van der Waals surface area contributed by atoms with Gasteiger partial charge in [0.2, 0.25) is 0 Å². The van der Waals surface area contributed by atoms with E-state index in [-0.39, 0.29) is 0 Å². The molecule has 0 radical (unpaired) electrons. The Kier molecular flexibility index (Phi) is 5.24. The van der Waals surface area contributed by atoms with Crippen molar-refractivity contribution in [1.29, 1.82) is 0 Å². The third-order valence-electron chi connectivity index (χ3n) is 2.99. The fourth-order valence-corrected chi connectivity index (χ4v) is 2.16. The highest BCUT2D eigenvalue weighted by Crippen LogP contribution is 2.23. The number of rotatable bonds is 3. The summed E-state index contributed by atoms with van der Waals surface area (Å²) in [7, 11) is 0. The first kappa shape index (κ1) is 12.3. The van der Waals surface area contributed by atoms with Crippen molar-refractivity contribution in [3.05, 3.63) is 10.6 Å². The Morgan fingerprint density at radius 1 is 1.64 bits per heavy atom. The van der Waals surface area contributed by atoms with Gasteiger partial charge in [-0.25, -0.2) is 0 Å². The summed E-state index contributed by atoms with van der Waals surface area (Å²) in [6, 6.07) is 0. The summed E-state index contributed by atoms with van der Waals surface area (Å²) in [5.41, 5.74) is 7.16. The molecule has 1 aliphatic rings. The maximum atomic E-state index is 5.88. The molecule has 0 aromatic carbocycles. The summed E-state index contributed by atoms with van der Waals surface area (Å²) in [6.07, 6.45) is 1.20. The van der Waals surface area contributed by atoms with Crippen molar-refractivity contribution in [1.82, 2.24) is 4.90 Å². The van der Waals surface area contributed by atoms with Gasteiger partial charge in [-0.2, -0.15) is 0 Å². The van der Waals surface area contributed by atoms with E-state index in [1.165, 1.54) is 12.0 Å². The largest absolute Gasteiger partial charge is 0.330 e. The van der Waals surface area contributed by atoms with Crippen molar-refractivity contribution >= 4 is 23.2 Å². The summed E-state index contributed by atoms with van der Waals surface area (Å²) >= 11 is 11.4. The topological polar surface area (TPSA) is 29.3 Å². The van der Waals surface area contributed by atoms with E-state index in [0.717, 1.165) is 32.1 Å². The molecule has 4 heteroatoms. The van der Waals surface area contributed by atoms with Gasteiger partial charge < -0.3 is 5.73 Å². The molecule has 0 saturated carbocycles. The SMILES string of the molecule is CC1CCN(CC(Cl)=CCl)CC1CN. The lowest BCUT2D eigenvalue weighted by Gasteiger charge is -2.36. The molecular weight excluding hydrogens is 219 g/mol. The molecule has 1 fully saturated rings. The van der Waals surface area contributed by atoms with Crippen LogP contribution in [0.5, 0.6) is 0 Å². The molecule has 0 amide bonds. The van der Waals surface area contributed by atoms with Gasteiger partial charge in [0.15, 0.2) is 0 Å². The van der Waals surface area contributed by atoms with Gasteiger partial charge in [-0.05, 0) is 31.3 Å². The van der Waals surface area contributed by atoms with Crippen LogP contribution >= 0.6 is 23.2 Å². The molecule has 0 aliphatic carbocycles. The second-order valence-electron chi connectivity index (χ2n) is 4.05. The molecule has 2 N–H and O–H groups in total. The highest BCUT2D eigenvalue weighted by atomic mass is 35.5. The summed E-state index contributed by atoms with van der Waals surface area (Å²) in [4.78, 5) is 2.32. The molecular formula is C10H18Cl2N2. The highest BCUT2D eigenvalue weighted by Gasteiger charge is 2.24. The zero-order valence-electron chi connectivity index (χ0n) is 8.55. The zero-order valence-corrected chi connectivity index (χ0v) is 10.1. The van der Waals surface area contributed by atoms with Gasteiger partial charge in [0, 0.05) is 23.7 Å². The van der Waals surface area contributed by atoms with Crippen LogP contribution in [0.15, 0.2) is 10.6 Å². The third-order valence-corrected chi connectivity index (χ3v) is 3.60. The minimum absolute atomic E-state index is 0.601. The molecule has 0 spiro atoms. The number of hydrogen-bond donors (Lipinski definition) is 1. The molecule has 0 aromatic rings. The molecule has 1 heterocycles. The van der Waals surface area contributed by atoms with Gasteiger partial charge >= 0.3 is 0 Å². The summed E-state index contributed by atoms with van der Waals surface area (Å²) in [5, 5.41) is 0.706. The number of halogens is 2. The molecule has 2 nitrogen and oxygen atoms in total. The first-order valence-electron chi connectivity index (χ1n) is 5.04. The fourth-order valence-electron chi connectivity index (χ4n) is 1.92. The van der Waals surface area contributed by atoms with E-state index in [1.807, 2.05) is 0 Å². The quantitative estimate of drug-likeness (QED) is 0.815. The fraction of sp³-hybridized carbons (Fsp3) is 0.800. The van der Waals surface area contributed by atoms with E-state index in [0.29, 0.717) is 11.0 Å². The van der Waals surface area contributed by atoms with Crippen LogP contribution in [0.4, 0.5) is 0 Å². The summed E-state index contributed by atoms with van der Waals surface area (Å²) in [5.74, 6) is 1.33. The summed E-state index contributed by atoms with van der Waals surface area (Å²) < 4.78 is 0.